The second-order valence-electron chi connectivity index (χ2n) is 5.08. The Morgan fingerprint density at radius 2 is 1.57 bits per heavy atom. The molecule has 1 fully saturated rings. The van der Waals surface area contributed by atoms with Gasteiger partial charge in [0.1, 0.15) is 0 Å². The van der Waals surface area contributed by atoms with Crippen LogP contribution in [0.4, 0.5) is 0 Å². The first-order valence-electron chi connectivity index (χ1n) is 6.95. The van der Waals surface area contributed by atoms with Gasteiger partial charge in [-0.05, 0) is 19.1 Å². The van der Waals surface area contributed by atoms with Gasteiger partial charge in [-0.25, -0.2) is 0 Å². The van der Waals surface area contributed by atoms with Gasteiger partial charge < -0.3 is 15.5 Å². The minimum Gasteiger partial charge on any atom is -0.339 e. The van der Waals surface area contributed by atoms with Crippen molar-refractivity contribution in [3.63, 3.8) is 0 Å². The molecule has 21 heavy (non-hydrogen) atoms. The smallest absolute Gasteiger partial charge is 0.253 e. The number of hydrogen-bond acceptors (Lipinski definition) is 3. The number of benzene rings is 1. The van der Waals surface area contributed by atoms with Crippen molar-refractivity contribution in [3.8, 4) is 0 Å². The van der Waals surface area contributed by atoms with Crippen molar-refractivity contribution in [2.75, 3.05) is 32.7 Å². The average Bonchev–Trinajstić information content (AvgIpc) is 2.48. The Labute approximate surface area is 131 Å². The number of carbonyl (C=O) groups is 2. The number of nitrogens with two attached hydrogens (primary N) is 1. The maximum absolute atomic E-state index is 12.3. The molecule has 6 heteroatoms. The third-order valence-corrected chi connectivity index (χ3v) is 3.58. The van der Waals surface area contributed by atoms with Crippen LogP contribution in [0, 0.1) is 6.92 Å². The van der Waals surface area contributed by atoms with Crippen LogP contribution >= 0.6 is 12.4 Å². The number of carbonyl (C=O) groups excluding carboxylic acids is 2. The third-order valence-electron chi connectivity index (χ3n) is 3.58. The Bertz CT molecular complexity index is 482. The van der Waals surface area contributed by atoms with E-state index in [1.165, 1.54) is 0 Å². The lowest BCUT2D eigenvalue weighted by Crippen LogP contribution is -2.50. The van der Waals surface area contributed by atoms with Crippen molar-refractivity contribution in [1.82, 2.24) is 9.80 Å². The van der Waals surface area contributed by atoms with E-state index in [0.29, 0.717) is 44.7 Å². The van der Waals surface area contributed by atoms with Gasteiger partial charge in [0.2, 0.25) is 5.91 Å². The molecular formula is C15H22ClN3O2. The molecule has 1 aliphatic rings. The summed E-state index contributed by atoms with van der Waals surface area (Å²) >= 11 is 0. The topological polar surface area (TPSA) is 66.6 Å². The van der Waals surface area contributed by atoms with Crippen molar-refractivity contribution in [2.24, 2.45) is 5.73 Å². The summed E-state index contributed by atoms with van der Waals surface area (Å²) in [6.45, 7) is 4.73. The highest BCUT2D eigenvalue weighted by Gasteiger charge is 2.24. The zero-order valence-corrected chi connectivity index (χ0v) is 13.1. The molecule has 0 aliphatic carbocycles. The summed E-state index contributed by atoms with van der Waals surface area (Å²) in [5.41, 5.74) is 7.23. The fourth-order valence-corrected chi connectivity index (χ4v) is 2.32. The van der Waals surface area contributed by atoms with Crippen LogP contribution in [0.2, 0.25) is 0 Å². The first-order chi connectivity index (χ1) is 9.61. The van der Waals surface area contributed by atoms with E-state index in [1.54, 1.807) is 9.80 Å². The van der Waals surface area contributed by atoms with Crippen molar-refractivity contribution >= 4 is 24.2 Å². The van der Waals surface area contributed by atoms with Gasteiger partial charge in [0.25, 0.3) is 5.91 Å². The molecule has 0 radical (unpaired) electrons. The van der Waals surface area contributed by atoms with Crippen LogP contribution in [0.25, 0.3) is 0 Å². The molecule has 5 nitrogen and oxygen atoms in total. The standard InChI is InChI=1S/C15H21N3O2.ClH/c1-12-2-4-13(5-3-12)15(20)18-10-8-17(9-11-18)14(19)6-7-16;/h2-5H,6-11,16H2,1H3;1H. The highest BCUT2D eigenvalue weighted by molar-refractivity contribution is 5.94. The first-order valence-corrected chi connectivity index (χ1v) is 6.95. The van der Waals surface area contributed by atoms with Crippen LogP contribution in [0.5, 0.6) is 0 Å². The van der Waals surface area contributed by atoms with E-state index in [4.69, 9.17) is 5.73 Å². The molecule has 2 N–H and O–H groups in total. The molecule has 1 aromatic rings. The zero-order chi connectivity index (χ0) is 14.5. The van der Waals surface area contributed by atoms with E-state index < -0.39 is 0 Å². The van der Waals surface area contributed by atoms with Gasteiger partial charge in [-0.2, -0.15) is 0 Å². The van der Waals surface area contributed by atoms with Crippen LogP contribution in [-0.4, -0.2) is 54.3 Å². The van der Waals surface area contributed by atoms with Gasteiger partial charge in [0, 0.05) is 44.7 Å². The minimum atomic E-state index is 0. The predicted octanol–water partition coefficient (Wildman–Crippen LogP) is 1.05. The third kappa shape index (κ3) is 4.44. The van der Waals surface area contributed by atoms with Gasteiger partial charge in [0.15, 0.2) is 0 Å². The Kier molecular flexibility index (Phi) is 6.65. The van der Waals surface area contributed by atoms with Crippen LogP contribution < -0.4 is 5.73 Å². The van der Waals surface area contributed by atoms with E-state index >= 15 is 0 Å². The molecule has 2 rings (SSSR count). The number of rotatable bonds is 3. The molecule has 1 aliphatic heterocycles. The van der Waals surface area contributed by atoms with E-state index in [-0.39, 0.29) is 24.2 Å². The summed E-state index contributed by atoms with van der Waals surface area (Å²) in [7, 11) is 0. The number of aryl methyl sites for hydroxylation is 1. The maximum atomic E-state index is 12.3. The van der Waals surface area contributed by atoms with Crippen molar-refractivity contribution in [1.29, 1.82) is 0 Å². The normalized spacial score (nSPS) is 14.6. The van der Waals surface area contributed by atoms with E-state index in [1.807, 2.05) is 31.2 Å². The van der Waals surface area contributed by atoms with Gasteiger partial charge >= 0.3 is 0 Å². The number of amides is 2. The maximum Gasteiger partial charge on any atom is 0.253 e. The summed E-state index contributed by atoms with van der Waals surface area (Å²) in [5, 5.41) is 0. The second kappa shape index (κ2) is 8.00. The van der Waals surface area contributed by atoms with Gasteiger partial charge in [0.05, 0.1) is 0 Å². The Morgan fingerprint density at radius 3 is 2.10 bits per heavy atom. The predicted molar refractivity (Wildman–Crippen MR) is 84.6 cm³/mol. The molecule has 0 unspecified atom stereocenters. The molecule has 116 valence electrons. The zero-order valence-electron chi connectivity index (χ0n) is 12.2. The fraction of sp³-hybridized carbons (Fsp3) is 0.467. The van der Waals surface area contributed by atoms with E-state index in [0.717, 1.165) is 5.56 Å². The SMILES string of the molecule is Cc1ccc(C(=O)N2CCN(C(=O)CCN)CC2)cc1.Cl. The van der Waals surface area contributed by atoms with E-state index in [2.05, 4.69) is 0 Å². The van der Waals surface area contributed by atoms with Gasteiger partial charge in [-0.15, -0.1) is 12.4 Å². The van der Waals surface area contributed by atoms with Crippen LogP contribution in [0.1, 0.15) is 22.3 Å². The summed E-state index contributed by atoms with van der Waals surface area (Å²) < 4.78 is 0. The lowest BCUT2D eigenvalue weighted by atomic mass is 10.1. The fourth-order valence-electron chi connectivity index (χ4n) is 2.32. The van der Waals surface area contributed by atoms with Crippen molar-refractivity contribution in [2.45, 2.75) is 13.3 Å². The van der Waals surface area contributed by atoms with Crippen LogP contribution in [0.3, 0.4) is 0 Å². The monoisotopic (exact) mass is 311 g/mol. The number of halogens is 1. The lowest BCUT2D eigenvalue weighted by Gasteiger charge is -2.34. The Morgan fingerprint density at radius 1 is 1.05 bits per heavy atom. The molecule has 1 aromatic carbocycles. The Balaban J connectivity index is 0.00000220. The quantitative estimate of drug-likeness (QED) is 0.907. The average molecular weight is 312 g/mol. The first kappa shape index (κ1) is 17.5. The molecule has 0 saturated carbocycles. The van der Waals surface area contributed by atoms with Gasteiger partial charge in [-0.3, -0.25) is 9.59 Å². The molecule has 1 heterocycles. The lowest BCUT2D eigenvalue weighted by molar-refractivity contribution is -0.132. The summed E-state index contributed by atoms with van der Waals surface area (Å²) in [6.07, 6.45) is 0.381. The molecule has 2 amide bonds. The molecule has 0 bridgehead atoms. The largest absolute Gasteiger partial charge is 0.339 e. The van der Waals surface area contributed by atoms with Crippen LogP contribution in [-0.2, 0) is 4.79 Å². The molecule has 0 spiro atoms. The van der Waals surface area contributed by atoms with Gasteiger partial charge in [-0.1, -0.05) is 17.7 Å². The molecule has 0 aromatic heterocycles. The highest BCUT2D eigenvalue weighted by Crippen LogP contribution is 2.10. The number of nitrogens with zero attached hydrogens (tertiary/aromatic N) is 2. The van der Waals surface area contributed by atoms with Crippen molar-refractivity contribution in [3.05, 3.63) is 35.4 Å². The van der Waals surface area contributed by atoms with E-state index in [9.17, 15) is 9.59 Å². The summed E-state index contributed by atoms with van der Waals surface area (Å²) in [4.78, 5) is 27.6. The molecular weight excluding hydrogens is 290 g/mol. The summed E-state index contributed by atoms with van der Waals surface area (Å²) in [6, 6.07) is 7.58. The summed E-state index contributed by atoms with van der Waals surface area (Å²) in [5.74, 6) is 0.117. The molecule has 1 saturated heterocycles. The Hall–Kier alpha value is -1.59. The highest BCUT2D eigenvalue weighted by atomic mass is 35.5. The minimum absolute atomic E-state index is 0. The van der Waals surface area contributed by atoms with Crippen LogP contribution in [0.15, 0.2) is 24.3 Å². The molecule has 0 atom stereocenters. The number of piperazine rings is 1. The second-order valence-corrected chi connectivity index (χ2v) is 5.08. The van der Waals surface area contributed by atoms with Crippen molar-refractivity contribution < 1.29 is 9.59 Å². The number of hydrogen-bond donors (Lipinski definition) is 1.